The molecule has 0 aliphatic rings. The summed E-state index contributed by atoms with van der Waals surface area (Å²) in [5.41, 5.74) is 1.51. The van der Waals surface area contributed by atoms with E-state index >= 15 is 0 Å². The third-order valence-corrected chi connectivity index (χ3v) is 4.27. The molecule has 8 heteroatoms. The van der Waals surface area contributed by atoms with Crippen molar-refractivity contribution in [2.45, 2.75) is 12.8 Å². The van der Waals surface area contributed by atoms with Crippen LogP contribution in [-0.4, -0.2) is 25.7 Å². The van der Waals surface area contributed by atoms with Gasteiger partial charge in [0.2, 0.25) is 5.91 Å². The first-order valence-electron chi connectivity index (χ1n) is 8.64. The highest BCUT2D eigenvalue weighted by Gasteiger charge is 2.10. The molecule has 28 heavy (non-hydrogen) atoms. The van der Waals surface area contributed by atoms with Gasteiger partial charge in [0.15, 0.2) is 17.5 Å². The van der Waals surface area contributed by atoms with Crippen molar-refractivity contribution < 1.29 is 9.21 Å². The zero-order valence-electron chi connectivity index (χ0n) is 14.7. The molecule has 4 rings (SSSR count). The molecule has 7 nitrogen and oxygen atoms in total. The molecular formula is C20H16ClN5O2. The number of halogens is 1. The highest BCUT2D eigenvalue weighted by atomic mass is 35.5. The van der Waals surface area contributed by atoms with Gasteiger partial charge in [-0.1, -0.05) is 11.6 Å². The Balaban J connectivity index is 1.31. The molecule has 0 saturated carbocycles. The molecule has 0 fully saturated rings. The Hall–Kier alpha value is -3.45. The lowest BCUT2D eigenvalue weighted by molar-refractivity contribution is -0.116. The third-order valence-electron chi connectivity index (χ3n) is 4.02. The molecule has 0 atom stereocenters. The summed E-state index contributed by atoms with van der Waals surface area (Å²) in [5, 5.41) is 7.58. The van der Waals surface area contributed by atoms with Gasteiger partial charge in [0.1, 0.15) is 0 Å². The molecule has 1 amide bonds. The van der Waals surface area contributed by atoms with Crippen molar-refractivity contribution in [3.05, 3.63) is 78.2 Å². The molecule has 0 unspecified atom stereocenters. The smallest absolute Gasteiger partial charge is 0.224 e. The van der Waals surface area contributed by atoms with Crippen LogP contribution in [0.4, 0.5) is 5.69 Å². The minimum atomic E-state index is -0.139. The van der Waals surface area contributed by atoms with Crippen LogP contribution in [0.25, 0.3) is 17.1 Å². The number of nitrogens with one attached hydrogen (secondary N) is 1. The van der Waals surface area contributed by atoms with E-state index in [0.717, 1.165) is 5.56 Å². The van der Waals surface area contributed by atoms with Gasteiger partial charge in [-0.05, 0) is 42.5 Å². The van der Waals surface area contributed by atoms with Gasteiger partial charge in [0.25, 0.3) is 0 Å². The molecular weight excluding hydrogens is 378 g/mol. The van der Waals surface area contributed by atoms with E-state index in [2.05, 4.69) is 20.4 Å². The zero-order valence-corrected chi connectivity index (χ0v) is 15.5. The summed E-state index contributed by atoms with van der Waals surface area (Å²) in [4.78, 5) is 20.7. The van der Waals surface area contributed by atoms with Gasteiger partial charge in [-0.2, -0.15) is 5.10 Å². The maximum Gasteiger partial charge on any atom is 0.224 e. The number of hydrogen-bond acceptors (Lipinski definition) is 5. The summed E-state index contributed by atoms with van der Waals surface area (Å²) >= 11 is 5.89. The number of hydrogen-bond donors (Lipinski definition) is 1. The van der Waals surface area contributed by atoms with Gasteiger partial charge in [0, 0.05) is 35.8 Å². The number of nitrogens with zero attached hydrogens (tertiary/aromatic N) is 4. The number of anilines is 1. The van der Waals surface area contributed by atoms with E-state index in [1.165, 1.54) is 0 Å². The average Bonchev–Trinajstić information content (AvgIpc) is 3.40. The summed E-state index contributed by atoms with van der Waals surface area (Å²) in [6.45, 7) is 0. The van der Waals surface area contributed by atoms with E-state index in [4.69, 9.17) is 16.0 Å². The quantitative estimate of drug-likeness (QED) is 0.532. The third kappa shape index (κ3) is 4.27. The Morgan fingerprint density at radius 2 is 1.96 bits per heavy atom. The van der Waals surface area contributed by atoms with E-state index in [9.17, 15) is 4.79 Å². The molecule has 0 saturated heterocycles. The molecule has 0 bridgehead atoms. The van der Waals surface area contributed by atoms with Crippen LogP contribution >= 0.6 is 11.6 Å². The summed E-state index contributed by atoms with van der Waals surface area (Å²) in [6, 6.07) is 12.7. The molecule has 140 valence electrons. The molecule has 4 aromatic rings. The van der Waals surface area contributed by atoms with Crippen LogP contribution in [0.3, 0.4) is 0 Å². The van der Waals surface area contributed by atoms with Crippen molar-refractivity contribution in [1.29, 1.82) is 0 Å². The number of aromatic nitrogens is 4. The SMILES string of the molecule is O=C(CCc1ncc(-c2ccc(Cl)cc2)o1)Nc1ccc(-n2cccn2)nc1. The lowest BCUT2D eigenvalue weighted by atomic mass is 10.2. The lowest BCUT2D eigenvalue weighted by Gasteiger charge is -2.05. The largest absolute Gasteiger partial charge is 0.441 e. The molecule has 0 aliphatic heterocycles. The lowest BCUT2D eigenvalue weighted by Crippen LogP contribution is -2.12. The Morgan fingerprint density at radius 3 is 2.68 bits per heavy atom. The van der Waals surface area contributed by atoms with Crippen LogP contribution in [0.2, 0.25) is 5.02 Å². The number of benzene rings is 1. The second kappa shape index (κ2) is 8.06. The Labute approximate surface area is 166 Å². The number of carbonyl (C=O) groups is 1. The monoisotopic (exact) mass is 393 g/mol. The fraction of sp³-hybridized carbons (Fsp3) is 0.100. The highest BCUT2D eigenvalue weighted by Crippen LogP contribution is 2.22. The summed E-state index contributed by atoms with van der Waals surface area (Å²) in [7, 11) is 0. The molecule has 3 aromatic heterocycles. The number of rotatable bonds is 6. The normalized spacial score (nSPS) is 10.8. The number of carbonyl (C=O) groups excluding carboxylic acids is 1. The first-order valence-corrected chi connectivity index (χ1v) is 9.02. The maximum atomic E-state index is 12.2. The standard InChI is InChI=1S/C20H16ClN5O2/c21-15-4-2-14(3-5-15)17-13-23-20(28-17)9-8-19(27)25-16-6-7-18(22-12-16)26-11-1-10-24-26/h1-7,10-13H,8-9H2,(H,25,27). The van der Waals surface area contributed by atoms with Crippen LogP contribution in [-0.2, 0) is 11.2 Å². The molecule has 1 aromatic carbocycles. The molecule has 0 spiro atoms. The van der Waals surface area contributed by atoms with Crippen LogP contribution in [0.1, 0.15) is 12.3 Å². The van der Waals surface area contributed by atoms with Crippen molar-refractivity contribution in [1.82, 2.24) is 19.7 Å². The first-order chi connectivity index (χ1) is 13.7. The Morgan fingerprint density at radius 1 is 1.11 bits per heavy atom. The van der Waals surface area contributed by atoms with Crippen LogP contribution in [0, 0.1) is 0 Å². The van der Waals surface area contributed by atoms with Crippen LogP contribution in [0.15, 0.2) is 71.7 Å². The highest BCUT2D eigenvalue weighted by molar-refractivity contribution is 6.30. The molecule has 0 aliphatic carbocycles. The van der Waals surface area contributed by atoms with E-state index in [1.807, 2.05) is 18.2 Å². The Bertz CT molecular complexity index is 1060. The van der Waals surface area contributed by atoms with Crippen molar-refractivity contribution in [3.8, 4) is 17.1 Å². The molecule has 1 N–H and O–H groups in total. The second-order valence-electron chi connectivity index (χ2n) is 6.03. The minimum Gasteiger partial charge on any atom is -0.441 e. The van der Waals surface area contributed by atoms with Gasteiger partial charge in [-0.3, -0.25) is 4.79 Å². The molecule has 3 heterocycles. The maximum absolute atomic E-state index is 12.2. The van der Waals surface area contributed by atoms with E-state index in [0.29, 0.717) is 34.6 Å². The van der Waals surface area contributed by atoms with Crippen molar-refractivity contribution in [2.24, 2.45) is 0 Å². The minimum absolute atomic E-state index is 0.139. The zero-order chi connectivity index (χ0) is 19.3. The predicted octanol–water partition coefficient (Wildman–Crippen LogP) is 4.15. The number of amides is 1. The molecule has 0 radical (unpaired) electrons. The summed E-state index contributed by atoms with van der Waals surface area (Å²) < 4.78 is 7.36. The topological polar surface area (TPSA) is 85.8 Å². The van der Waals surface area contributed by atoms with Crippen LogP contribution in [0.5, 0.6) is 0 Å². The van der Waals surface area contributed by atoms with E-state index < -0.39 is 0 Å². The first kappa shape index (κ1) is 17.9. The van der Waals surface area contributed by atoms with Crippen molar-refractivity contribution in [3.63, 3.8) is 0 Å². The summed E-state index contributed by atoms with van der Waals surface area (Å²) in [5.74, 6) is 1.69. The average molecular weight is 394 g/mol. The number of oxazole rings is 1. The summed E-state index contributed by atoms with van der Waals surface area (Å²) in [6.07, 6.45) is 7.38. The van der Waals surface area contributed by atoms with Gasteiger partial charge < -0.3 is 9.73 Å². The van der Waals surface area contributed by atoms with E-state index in [1.54, 1.807) is 53.7 Å². The Kier molecular flexibility index (Phi) is 5.16. The van der Waals surface area contributed by atoms with Gasteiger partial charge in [-0.25, -0.2) is 14.6 Å². The van der Waals surface area contributed by atoms with Crippen molar-refractivity contribution >= 4 is 23.2 Å². The fourth-order valence-corrected chi connectivity index (χ4v) is 2.74. The van der Waals surface area contributed by atoms with Crippen molar-refractivity contribution in [2.75, 3.05) is 5.32 Å². The number of aryl methyl sites for hydroxylation is 1. The predicted molar refractivity (Wildman–Crippen MR) is 105 cm³/mol. The van der Waals surface area contributed by atoms with Gasteiger partial charge in [-0.15, -0.1) is 0 Å². The van der Waals surface area contributed by atoms with E-state index in [-0.39, 0.29) is 12.3 Å². The second-order valence-corrected chi connectivity index (χ2v) is 6.47. The number of pyridine rings is 1. The fourth-order valence-electron chi connectivity index (χ4n) is 2.62. The van der Waals surface area contributed by atoms with Crippen LogP contribution < -0.4 is 5.32 Å². The van der Waals surface area contributed by atoms with Gasteiger partial charge >= 0.3 is 0 Å². The van der Waals surface area contributed by atoms with Gasteiger partial charge in [0.05, 0.1) is 18.1 Å².